The fraction of sp³-hybridized carbons (Fsp3) is 0.310. The van der Waals surface area contributed by atoms with E-state index < -0.39 is 11.5 Å². The average Bonchev–Trinajstić information content (AvgIpc) is 3.08. The van der Waals surface area contributed by atoms with Crippen LogP contribution in [0, 0.1) is 5.41 Å². The van der Waals surface area contributed by atoms with E-state index >= 15 is 0 Å². The molecule has 3 aromatic carbocycles. The van der Waals surface area contributed by atoms with Gasteiger partial charge in [0.1, 0.15) is 0 Å². The summed E-state index contributed by atoms with van der Waals surface area (Å²) < 4.78 is 0. The zero-order valence-corrected chi connectivity index (χ0v) is 20.0. The molecule has 5 heteroatoms. The van der Waals surface area contributed by atoms with Crippen LogP contribution in [-0.4, -0.2) is 45.4 Å². The minimum absolute atomic E-state index is 0.148. The molecule has 0 spiro atoms. The van der Waals surface area contributed by atoms with Crippen LogP contribution in [0.1, 0.15) is 52.6 Å². The molecule has 176 valence electrons. The van der Waals surface area contributed by atoms with E-state index in [-0.39, 0.29) is 24.4 Å². The van der Waals surface area contributed by atoms with Gasteiger partial charge < -0.3 is 5.11 Å². The minimum atomic E-state index is -0.774. The standard InChI is InChI=1S/C29H32N2O3/c1-21(30(18-22-12-6-4-7-13-22)19-23-14-8-5-9-15-23)26(32)29(2,3)20-31-27(33)24-16-10-11-17-25(24)28(31)34/h4-17,21,26,32H,18-20H2,1-3H3/t21-,26+/m1/s1. The van der Waals surface area contributed by atoms with Gasteiger partial charge in [-0.05, 0) is 30.2 Å². The fourth-order valence-electron chi connectivity index (χ4n) is 4.72. The molecule has 0 aromatic heterocycles. The molecule has 0 fully saturated rings. The summed E-state index contributed by atoms with van der Waals surface area (Å²) in [5.41, 5.74) is 2.48. The molecule has 1 aliphatic rings. The van der Waals surface area contributed by atoms with Gasteiger partial charge in [0.25, 0.3) is 11.8 Å². The third-order valence-electron chi connectivity index (χ3n) is 6.73. The second-order valence-corrected chi connectivity index (χ2v) is 9.79. The first kappa shape index (κ1) is 23.9. The number of benzene rings is 3. The van der Waals surface area contributed by atoms with Crippen molar-refractivity contribution in [3.05, 3.63) is 107 Å². The highest BCUT2D eigenvalue weighted by atomic mass is 16.3. The van der Waals surface area contributed by atoms with Crippen LogP contribution in [0.3, 0.4) is 0 Å². The summed E-state index contributed by atoms with van der Waals surface area (Å²) in [6, 6.07) is 27.1. The lowest BCUT2D eigenvalue weighted by Crippen LogP contribution is -2.52. The Hall–Kier alpha value is -3.28. The summed E-state index contributed by atoms with van der Waals surface area (Å²) >= 11 is 0. The van der Waals surface area contributed by atoms with Gasteiger partial charge in [-0.25, -0.2) is 0 Å². The lowest BCUT2D eigenvalue weighted by atomic mass is 9.81. The maximum atomic E-state index is 12.9. The van der Waals surface area contributed by atoms with E-state index in [1.807, 2.05) is 57.2 Å². The smallest absolute Gasteiger partial charge is 0.261 e. The third kappa shape index (κ3) is 4.96. The highest BCUT2D eigenvalue weighted by Gasteiger charge is 2.42. The van der Waals surface area contributed by atoms with E-state index in [9.17, 15) is 14.7 Å². The van der Waals surface area contributed by atoms with Crippen LogP contribution in [0.15, 0.2) is 84.9 Å². The van der Waals surface area contributed by atoms with Crippen LogP contribution >= 0.6 is 0 Å². The number of aliphatic hydroxyl groups excluding tert-OH is 1. The molecule has 0 saturated carbocycles. The van der Waals surface area contributed by atoms with Crippen LogP contribution in [0.2, 0.25) is 0 Å². The Morgan fingerprint density at radius 3 is 1.62 bits per heavy atom. The number of carbonyl (C=O) groups is 2. The Morgan fingerprint density at radius 2 is 1.18 bits per heavy atom. The molecule has 0 bridgehead atoms. The van der Waals surface area contributed by atoms with Gasteiger partial charge in [0.05, 0.1) is 17.2 Å². The van der Waals surface area contributed by atoms with Gasteiger partial charge in [-0.3, -0.25) is 19.4 Å². The third-order valence-corrected chi connectivity index (χ3v) is 6.73. The molecule has 2 amide bonds. The number of carbonyl (C=O) groups excluding carboxylic acids is 2. The van der Waals surface area contributed by atoms with Gasteiger partial charge >= 0.3 is 0 Å². The van der Waals surface area contributed by atoms with Gasteiger partial charge in [0, 0.05) is 31.1 Å². The Kier molecular flexibility index (Phi) is 6.96. The second-order valence-electron chi connectivity index (χ2n) is 9.79. The summed E-state index contributed by atoms with van der Waals surface area (Å²) in [5.74, 6) is -0.585. The molecular formula is C29H32N2O3. The number of rotatable bonds is 9. The number of imide groups is 1. The summed E-state index contributed by atoms with van der Waals surface area (Å²) in [5, 5.41) is 11.5. The molecule has 3 aromatic rings. The van der Waals surface area contributed by atoms with Gasteiger partial charge in [0.15, 0.2) is 0 Å². The molecular weight excluding hydrogens is 424 g/mol. The molecule has 0 aliphatic carbocycles. The molecule has 34 heavy (non-hydrogen) atoms. The van der Waals surface area contributed by atoms with Crippen molar-refractivity contribution in [3.8, 4) is 0 Å². The van der Waals surface area contributed by atoms with E-state index in [0.717, 1.165) is 11.1 Å². The highest BCUT2D eigenvalue weighted by Crippen LogP contribution is 2.32. The number of hydrogen-bond donors (Lipinski definition) is 1. The van der Waals surface area contributed by atoms with Crippen LogP contribution in [-0.2, 0) is 13.1 Å². The summed E-state index contributed by atoms with van der Waals surface area (Å²) in [6.45, 7) is 7.35. The van der Waals surface area contributed by atoms with E-state index in [0.29, 0.717) is 24.2 Å². The molecule has 4 rings (SSSR count). The van der Waals surface area contributed by atoms with E-state index in [4.69, 9.17) is 0 Å². The Bertz CT molecular complexity index is 1070. The van der Waals surface area contributed by atoms with E-state index in [1.165, 1.54) is 4.90 Å². The number of fused-ring (bicyclic) bond motifs is 1. The zero-order chi connectivity index (χ0) is 24.3. The fourth-order valence-corrected chi connectivity index (χ4v) is 4.72. The predicted octanol–water partition coefficient (Wildman–Crippen LogP) is 4.76. The highest BCUT2D eigenvalue weighted by molar-refractivity contribution is 6.21. The molecule has 0 unspecified atom stereocenters. The number of hydrogen-bond acceptors (Lipinski definition) is 4. The first-order chi connectivity index (χ1) is 16.3. The summed E-state index contributed by atoms with van der Waals surface area (Å²) in [7, 11) is 0. The Labute approximate surface area is 201 Å². The lowest BCUT2D eigenvalue weighted by Gasteiger charge is -2.41. The molecule has 1 N–H and O–H groups in total. The van der Waals surface area contributed by atoms with Crippen molar-refractivity contribution in [1.29, 1.82) is 0 Å². The Balaban J connectivity index is 1.53. The van der Waals surface area contributed by atoms with Crippen LogP contribution in [0.25, 0.3) is 0 Å². The van der Waals surface area contributed by atoms with E-state index in [2.05, 4.69) is 29.2 Å². The van der Waals surface area contributed by atoms with Crippen molar-refractivity contribution in [2.75, 3.05) is 6.54 Å². The molecule has 0 saturated heterocycles. The molecule has 5 nitrogen and oxygen atoms in total. The first-order valence-electron chi connectivity index (χ1n) is 11.7. The molecule has 1 aliphatic heterocycles. The zero-order valence-electron chi connectivity index (χ0n) is 20.0. The van der Waals surface area contributed by atoms with Gasteiger partial charge in [-0.2, -0.15) is 0 Å². The SMILES string of the molecule is C[C@H]([C@H](O)C(C)(C)CN1C(=O)c2ccccc2C1=O)N(Cc1ccccc1)Cc1ccccc1. The van der Waals surface area contributed by atoms with Gasteiger partial charge in [0.2, 0.25) is 0 Å². The topological polar surface area (TPSA) is 60.9 Å². The van der Waals surface area contributed by atoms with Crippen molar-refractivity contribution < 1.29 is 14.7 Å². The van der Waals surface area contributed by atoms with Crippen LogP contribution in [0.5, 0.6) is 0 Å². The normalized spacial score (nSPS) is 15.5. The number of aliphatic hydroxyl groups is 1. The molecule has 1 heterocycles. The average molecular weight is 457 g/mol. The van der Waals surface area contributed by atoms with Crippen LogP contribution < -0.4 is 0 Å². The predicted molar refractivity (Wildman–Crippen MR) is 133 cm³/mol. The number of nitrogens with zero attached hydrogens (tertiary/aromatic N) is 2. The van der Waals surface area contributed by atoms with Crippen molar-refractivity contribution >= 4 is 11.8 Å². The maximum absolute atomic E-state index is 12.9. The largest absolute Gasteiger partial charge is 0.391 e. The maximum Gasteiger partial charge on any atom is 0.261 e. The quantitative estimate of drug-likeness (QED) is 0.472. The summed E-state index contributed by atoms with van der Waals surface area (Å²) in [6.07, 6.45) is -0.774. The lowest BCUT2D eigenvalue weighted by molar-refractivity contribution is -0.0349. The van der Waals surface area contributed by atoms with Crippen LogP contribution in [0.4, 0.5) is 0 Å². The summed E-state index contributed by atoms with van der Waals surface area (Å²) in [4.78, 5) is 29.3. The second kappa shape index (κ2) is 9.92. The van der Waals surface area contributed by atoms with Crippen molar-refractivity contribution in [2.45, 2.75) is 46.0 Å². The minimum Gasteiger partial charge on any atom is -0.391 e. The van der Waals surface area contributed by atoms with Crippen molar-refractivity contribution in [3.63, 3.8) is 0 Å². The first-order valence-corrected chi connectivity index (χ1v) is 11.7. The molecule has 2 atom stereocenters. The molecule has 0 radical (unpaired) electrons. The van der Waals surface area contributed by atoms with Gasteiger partial charge in [-0.1, -0.05) is 86.6 Å². The number of amides is 2. The monoisotopic (exact) mass is 456 g/mol. The van der Waals surface area contributed by atoms with Crippen molar-refractivity contribution in [1.82, 2.24) is 9.80 Å². The van der Waals surface area contributed by atoms with E-state index in [1.54, 1.807) is 24.3 Å². The van der Waals surface area contributed by atoms with Gasteiger partial charge in [-0.15, -0.1) is 0 Å². The Morgan fingerprint density at radius 1 is 0.765 bits per heavy atom. The van der Waals surface area contributed by atoms with Crippen molar-refractivity contribution in [2.24, 2.45) is 5.41 Å².